The molecule has 1 aliphatic rings. The van der Waals surface area contributed by atoms with Gasteiger partial charge in [-0.1, -0.05) is 24.6 Å². The number of carbonyl (C=O) groups excluding carboxylic acids is 1. The Morgan fingerprint density at radius 3 is 2.52 bits per heavy atom. The molecule has 152 valence electrons. The van der Waals surface area contributed by atoms with E-state index in [2.05, 4.69) is 16.3 Å². The van der Waals surface area contributed by atoms with E-state index in [0.29, 0.717) is 42.2 Å². The van der Waals surface area contributed by atoms with Crippen LogP contribution in [0.25, 0.3) is 0 Å². The average Bonchev–Trinajstić information content (AvgIpc) is 2.68. The Labute approximate surface area is 176 Å². The summed E-state index contributed by atoms with van der Waals surface area (Å²) < 4.78 is 23.5. The summed E-state index contributed by atoms with van der Waals surface area (Å²) in [6.45, 7) is 3.17. The van der Waals surface area contributed by atoms with Crippen LogP contribution in [0, 0.1) is 16.7 Å². The second-order valence-electron chi connectivity index (χ2n) is 7.58. The van der Waals surface area contributed by atoms with Crippen LogP contribution in [0.1, 0.15) is 25.3 Å². The van der Waals surface area contributed by atoms with Gasteiger partial charge >= 0.3 is 0 Å². The van der Waals surface area contributed by atoms with E-state index in [1.54, 1.807) is 24.3 Å². The molecule has 8 heteroatoms. The number of nitriles is 1. The van der Waals surface area contributed by atoms with Gasteiger partial charge in [-0.2, -0.15) is 5.26 Å². The summed E-state index contributed by atoms with van der Waals surface area (Å²) in [4.78, 5) is 15.2. The van der Waals surface area contributed by atoms with E-state index in [0.717, 1.165) is 11.9 Å². The van der Waals surface area contributed by atoms with Gasteiger partial charge in [-0.05, 0) is 49.2 Å². The van der Waals surface area contributed by atoms with Crippen LogP contribution in [0.15, 0.2) is 47.4 Å². The Morgan fingerprint density at radius 2 is 1.90 bits per heavy atom. The van der Waals surface area contributed by atoms with Crippen LogP contribution in [-0.2, 0) is 14.6 Å². The number of amides is 1. The number of carbonyl (C=O) groups is 1. The first kappa shape index (κ1) is 21.2. The van der Waals surface area contributed by atoms with Crippen LogP contribution in [0.5, 0.6) is 0 Å². The molecule has 3 rings (SSSR count). The van der Waals surface area contributed by atoms with Crippen LogP contribution < -0.4 is 10.2 Å². The molecule has 0 saturated carbocycles. The Morgan fingerprint density at radius 1 is 1.21 bits per heavy atom. The van der Waals surface area contributed by atoms with Crippen LogP contribution in [-0.4, -0.2) is 33.7 Å². The number of halogens is 1. The quantitative estimate of drug-likeness (QED) is 0.793. The zero-order valence-corrected chi connectivity index (χ0v) is 17.8. The maximum atomic E-state index is 12.9. The molecular weight excluding hydrogens is 410 g/mol. The predicted octanol–water partition coefficient (Wildman–Crippen LogP) is 3.86. The SMILES string of the molecule is CC1(C(=O)Nc2cccc(S(C)(=O)=O)c2)CCN(c2ccc(Cl)cc2C#N)CC1. The van der Waals surface area contributed by atoms with Crippen molar-refractivity contribution < 1.29 is 13.2 Å². The number of rotatable bonds is 4. The maximum absolute atomic E-state index is 12.9. The lowest BCUT2D eigenvalue weighted by molar-refractivity contribution is -0.125. The van der Waals surface area contributed by atoms with Gasteiger partial charge in [-0.25, -0.2) is 8.42 Å². The van der Waals surface area contributed by atoms with Gasteiger partial charge in [0.1, 0.15) is 6.07 Å². The summed E-state index contributed by atoms with van der Waals surface area (Å²) in [7, 11) is -3.34. The number of anilines is 2. The van der Waals surface area contributed by atoms with Crippen LogP contribution in [0.3, 0.4) is 0 Å². The molecule has 0 bridgehead atoms. The number of benzene rings is 2. The minimum Gasteiger partial charge on any atom is -0.370 e. The summed E-state index contributed by atoms with van der Waals surface area (Å²) in [5, 5.41) is 12.7. The van der Waals surface area contributed by atoms with Crippen molar-refractivity contribution in [2.24, 2.45) is 5.41 Å². The van der Waals surface area contributed by atoms with E-state index in [4.69, 9.17) is 11.6 Å². The lowest BCUT2D eigenvalue weighted by Crippen LogP contribution is -2.45. The highest BCUT2D eigenvalue weighted by molar-refractivity contribution is 7.90. The number of sulfone groups is 1. The summed E-state index contributed by atoms with van der Waals surface area (Å²) in [6, 6.07) is 13.7. The maximum Gasteiger partial charge on any atom is 0.230 e. The Bertz CT molecular complexity index is 1080. The molecule has 0 atom stereocenters. The molecule has 0 unspecified atom stereocenters. The fourth-order valence-electron chi connectivity index (χ4n) is 3.43. The first-order chi connectivity index (χ1) is 13.6. The van der Waals surface area contributed by atoms with E-state index >= 15 is 0 Å². The number of hydrogen-bond acceptors (Lipinski definition) is 5. The van der Waals surface area contributed by atoms with Crippen molar-refractivity contribution in [1.82, 2.24) is 0 Å². The fraction of sp³-hybridized carbons (Fsp3) is 0.333. The molecule has 1 amide bonds. The average molecular weight is 432 g/mol. The molecule has 29 heavy (non-hydrogen) atoms. The summed E-state index contributed by atoms with van der Waals surface area (Å²) in [5.41, 5.74) is 1.21. The molecule has 1 N–H and O–H groups in total. The summed E-state index contributed by atoms with van der Waals surface area (Å²) in [6.07, 6.45) is 2.35. The van der Waals surface area contributed by atoms with Crippen LogP contribution in [0.2, 0.25) is 5.02 Å². The largest absolute Gasteiger partial charge is 0.370 e. The fourth-order valence-corrected chi connectivity index (χ4v) is 4.27. The Hall–Kier alpha value is -2.56. The molecule has 1 fully saturated rings. The van der Waals surface area contributed by atoms with Crippen molar-refractivity contribution in [3.63, 3.8) is 0 Å². The first-order valence-corrected chi connectivity index (χ1v) is 11.5. The van der Waals surface area contributed by atoms with Gasteiger partial charge in [0.2, 0.25) is 5.91 Å². The second kappa shape index (κ2) is 8.05. The number of nitrogens with one attached hydrogen (secondary N) is 1. The third kappa shape index (κ3) is 4.72. The highest BCUT2D eigenvalue weighted by Gasteiger charge is 2.37. The van der Waals surface area contributed by atoms with E-state index in [9.17, 15) is 18.5 Å². The van der Waals surface area contributed by atoms with E-state index in [1.807, 2.05) is 13.0 Å². The minimum atomic E-state index is -3.34. The van der Waals surface area contributed by atoms with Gasteiger partial charge < -0.3 is 10.2 Å². The number of piperidine rings is 1. The standard InChI is InChI=1S/C21H22ClN3O3S/c1-21(20(26)24-17-4-3-5-18(13-17)29(2,27)28)8-10-25(11-9-21)19-7-6-16(22)12-15(19)14-23/h3-7,12-13H,8-11H2,1-2H3,(H,24,26). The molecule has 2 aromatic carbocycles. The zero-order valence-electron chi connectivity index (χ0n) is 16.3. The van der Waals surface area contributed by atoms with Gasteiger partial charge in [0.05, 0.1) is 21.6 Å². The van der Waals surface area contributed by atoms with Crippen LogP contribution >= 0.6 is 11.6 Å². The van der Waals surface area contributed by atoms with Crippen molar-refractivity contribution >= 4 is 38.7 Å². The summed E-state index contributed by atoms with van der Waals surface area (Å²) in [5.74, 6) is -0.139. The lowest BCUT2D eigenvalue weighted by atomic mass is 9.79. The van der Waals surface area contributed by atoms with Gasteiger partial charge in [0.15, 0.2) is 9.84 Å². The van der Waals surface area contributed by atoms with E-state index < -0.39 is 15.3 Å². The van der Waals surface area contributed by atoms with Crippen molar-refractivity contribution in [2.45, 2.75) is 24.7 Å². The van der Waals surface area contributed by atoms with Gasteiger partial charge in [-0.15, -0.1) is 0 Å². The molecule has 0 aliphatic carbocycles. The topological polar surface area (TPSA) is 90.3 Å². The molecule has 0 spiro atoms. The highest BCUT2D eigenvalue weighted by atomic mass is 35.5. The normalized spacial score (nSPS) is 16.1. The third-order valence-electron chi connectivity index (χ3n) is 5.35. The third-order valence-corrected chi connectivity index (χ3v) is 6.70. The Kier molecular flexibility index (Phi) is 5.87. The van der Waals surface area contributed by atoms with Crippen molar-refractivity contribution in [1.29, 1.82) is 5.26 Å². The zero-order chi connectivity index (χ0) is 21.2. The van der Waals surface area contributed by atoms with Gasteiger partial charge in [0.25, 0.3) is 0 Å². The predicted molar refractivity (Wildman–Crippen MR) is 114 cm³/mol. The van der Waals surface area contributed by atoms with Crippen molar-refractivity contribution in [3.8, 4) is 6.07 Å². The molecular formula is C21H22ClN3O3S. The summed E-state index contributed by atoms with van der Waals surface area (Å²) >= 11 is 5.98. The molecule has 2 aromatic rings. The molecule has 0 radical (unpaired) electrons. The number of nitrogens with zero attached hydrogens (tertiary/aromatic N) is 2. The molecule has 1 heterocycles. The van der Waals surface area contributed by atoms with Crippen molar-refractivity contribution in [3.05, 3.63) is 53.1 Å². The van der Waals surface area contributed by atoms with Gasteiger partial charge in [0, 0.05) is 30.1 Å². The molecule has 1 saturated heterocycles. The van der Waals surface area contributed by atoms with Gasteiger partial charge in [-0.3, -0.25) is 4.79 Å². The van der Waals surface area contributed by atoms with E-state index in [1.165, 1.54) is 12.1 Å². The van der Waals surface area contributed by atoms with Crippen LogP contribution in [0.4, 0.5) is 11.4 Å². The van der Waals surface area contributed by atoms with Crippen molar-refractivity contribution in [2.75, 3.05) is 29.6 Å². The molecule has 1 aliphatic heterocycles. The number of hydrogen-bond donors (Lipinski definition) is 1. The highest BCUT2D eigenvalue weighted by Crippen LogP contribution is 2.36. The first-order valence-electron chi connectivity index (χ1n) is 9.18. The smallest absolute Gasteiger partial charge is 0.230 e. The molecule has 0 aromatic heterocycles. The monoisotopic (exact) mass is 431 g/mol. The second-order valence-corrected chi connectivity index (χ2v) is 10.0. The Balaban J connectivity index is 1.71. The van der Waals surface area contributed by atoms with E-state index in [-0.39, 0.29) is 10.8 Å². The minimum absolute atomic E-state index is 0.139. The molecule has 6 nitrogen and oxygen atoms in total. The lowest BCUT2D eigenvalue weighted by Gasteiger charge is -2.39.